The lowest BCUT2D eigenvalue weighted by Gasteiger charge is -2.01. The van der Waals surface area contributed by atoms with Crippen molar-refractivity contribution in [1.82, 2.24) is 0 Å². The minimum atomic E-state index is -0.753. The molecule has 3 aromatic carbocycles. The van der Waals surface area contributed by atoms with E-state index in [-0.39, 0.29) is 0 Å². The van der Waals surface area contributed by atoms with Crippen LogP contribution in [0.15, 0.2) is 78.6 Å². The summed E-state index contributed by atoms with van der Waals surface area (Å²) in [5.74, 6) is -1.35. The zero-order valence-electron chi connectivity index (χ0n) is 11.3. The van der Waals surface area contributed by atoms with Gasteiger partial charge in [0, 0.05) is 5.56 Å². The average molecular weight is 276 g/mol. The number of carbonyl (C=O) groups is 1. The molecule has 0 spiro atoms. The molecule has 0 atom stereocenters. The van der Waals surface area contributed by atoms with Crippen LogP contribution in [0.2, 0.25) is 0 Å². The maximum absolute atomic E-state index is 14.1. The Balaban J connectivity index is 1.94. The Kier molecular flexibility index (Phi) is 3.61. The Morgan fingerprint density at radius 2 is 1.48 bits per heavy atom. The molecule has 0 radical (unpaired) electrons. The molecule has 0 aromatic heterocycles. The Morgan fingerprint density at radius 3 is 2.24 bits per heavy atom. The second-order valence-corrected chi connectivity index (χ2v) is 4.79. The molecule has 0 N–H and O–H groups in total. The fraction of sp³-hybridized carbons (Fsp3) is 0. The fourth-order valence-electron chi connectivity index (χ4n) is 2.24. The van der Waals surface area contributed by atoms with Crippen molar-refractivity contribution in [2.24, 2.45) is 0 Å². The van der Waals surface area contributed by atoms with Crippen molar-refractivity contribution >= 4 is 22.6 Å². The smallest absolute Gasteiger partial charge is 0.221 e. The topological polar surface area (TPSA) is 17.1 Å². The second kappa shape index (κ2) is 5.71. The highest BCUT2D eigenvalue weighted by molar-refractivity contribution is 6.09. The van der Waals surface area contributed by atoms with Gasteiger partial charge in [0.2, 0.25) is 5.78 Å². The zero-order valence-corrected chi connectivity index (χ0v) is 11.3. The molecule has 0 unspecified atom stereocenters. The summed E-state index contributed by atoms with van der Waals surface area (Å²) >= 11 is 0. The number of rotatable bonds is 3. The largest absolute Gasteiger partial charge is 0.286 e. The molecule has 0 bridgehead atoms. The monoisotopic (exact) mass is 276 g/mol. The van der Waals surface area contributed by atoms with Gasteiger partial charge in [-0.15, -0.1) is 0 Å². The zero-order chi connectivity index (χ0) is 14.7. The number of halogens is 1. The molecule has 0 aliphatic heterocycles. The van der Waals surface area contributed by atoms with Crippen LogP contribution in [0.1, 0.15) is 15.9 Å². The van der Waals surface area contributed by atoms with Crippen LogP contribution in [0.5, 0.6) is 0 Å². The lowest BCUT2D eigenvalue weighted by Crippen LogP contribution is -1.98. The van der Waals surface area contributed by atoms with Crippen LogP contribution in [-0.4, -0.2) is 5.78 Å². The van der Waals surface area contributed by atoms with E-state index in [9.17, 15) is 9.18 Å². The van der Waals surface area contributed by atoms with Gasteiger partial charge >= 0.3 is 0 Å². The van der Waals surface area contributed by atoms with E-state index in [4.69, 9.17) is 0 Å². The molecule has 0 amide bonds. The van der Waals surface area contributed by atoms with Crippen LogP contribution in [-0.2, 0) is 0 Å². The normalized spacial score (nSPS) is 11.6. The number of Topliss-reactive ketones (excluding diaryl/α,β-unsaturated/α-hetero) is 1. The van der Waals surface area contributed by atoms with Gasteiger partial charge in [-0.2, -0.15) is 0 Å². The van der Waals surface area contributed by atoms with E-state index in [1.165, 1.54) is 6.08 Å². The second-order valence-electron chi connectivity index (χ2n) is 4.79. The van der Waals surface area contributed by atoms with Crippen molar-refractivity contribution in [1.29, 1.82) is 0 Å². The third-order valence-corrected chi connectivity index (χ3v) is 3.32. The summed E-state index contributed by atoms with van der Waals surface area (Å²) in [6.45, 7) is 0. The van der Waals surface area contributed by atoms with E-state index in [0.29, 0.717) is 11.1 Å². The predicted octanol–water partition coefficient (Wildman–Crippen LogP) is 5.03. The Hall–Kier alpha value is -2.74. The maximum atomic E-state index is 14.1. The number of ketones is 1. The lowest BCUT2D eigenvalue weighted by molar-refractivity contribution is 0.101. The fourth-order valence-corrected chi connectivity index (χ4v) is 2.24. The highest BCUT2D eigenvalue weighted by Crippen LogP contribution is 2.19. The lowest BCUT2D eigenvalue weighted by atomic mass is 10.0. The van der Waals surface area contributed by atoms with E-state index in [2.05, 4.69) is 0 Å². The molecule has 1 nitrogen and oxygen atoms in total. The molecule has 0 aliphatic carbocycles. The van der Waals surface area contributed by atoms with Gasteiger partial charge in [0.1, 0.15) is 0 Å². The van der Waals surface area contributed by atoms with Crippen LogP contribution in [0.4, 0.5) is 4.39 Å². The van der Waals surface area contributed by atoms with Gasteiger partial charge < -0.3 is 0 Å². The molecule has 3 rings (SSSR count). The molecule has 2 heteroatoms. The first kappa shape index (κ1) is 13.3. The molecule has 0 saturated heterocycles. The summed E-state index contributed by atoms with van der Waals surface area (Å²) in [7, 11) is 0. The number of hydrogen-bond donors (Lipinski definition) is 0. The van der Waals surface area contributed by atoms with E-state index in [1.54, 1.807) is 36.4 Å². The summed E-state index contributed by atoms with van der Waals surface area (Å²) in [5, 5.41) is 2.11. The van der Waals surface area contributed by atoms with Crippen LogP contribution in [0, 0.1) is 0 Å². The first-order chi connectivity index (χ1) is 10.2. The van der Waals surface area contributed by atoms with Gasteiger partial charge in [-0.3, -0.25) is 4.79 Å². The number of fused-ring (bicyclic) bond motifs is 1. The van der Waals surface area contributed by atoms with Gasteiger partial charge in [-0.1, -0.05) is 66.7 Å². The van der Waals surface area contributed by atoms with Crippen molar-refractivity contribution < 1.29 is 9.18 Å². The van der Waals surface area contributed by atoms with E-state index >= 15 is 0 Å². The average Bonchev–Trinajstić information content (AvgIpc) is 2.55. The molecule has 3 aromatic rings. The van der Waals surface area contributed by atoms with Crippen molar-refractivity contribution in [3.8, 4) is 0 Å². The summed E-state index contributed by atoms with van der Waals surface area (Å²) < 4.78 is 14.1. The van der Waals surface area contributed by atoms with E-state index < -0.39 is 11.6 Å². The molecule has 0 aliphatic rings. The molecule has 102 valence electrons. The number of benzene rings is 3. The number of carbonyl (C=O) groups excluding carboxylic acids is 1. The van der Waals surface area contributed by atoms with Crippen molar-refractivity contribution in [3.63, 3.8) is 0 Å². The SMILES string of the molecule is O=C(/C(F)=C/c1ccc2ccccc2c1)c1ccccc1. The third kappa shape index (κ3) is 2.90. The van der Waals surface area contributed by atoms with E-state index in [1.807, 2.05) is 36.4 Å². The standard InChI is InChI=1S/C19H13FO/c20-18(19(21)16-7-2-1-3-8-16)13-14-10-11-15-6-4-5-9-17(15)12-14/h1-13H/b18-13-. The van der Waals surface area contributed by atoms with Gasteiger partial charge in [0.15, 0.2) is 5.83 Å². The van der Waals surface area contributed by atoms with Gasteiger partial charge in [0.05, 0.1) is 0 Å². The highest BCUT2D eigenvalue weighted by Gasteiger charge is 2.11. The number of hydrogen-bond acceptors (Lipinski definition) is 1. The van der Waals surface area contributed by atoms with Gasteiger partial charge in [-0.05, 0) is 28.5 Å². The molecule has 0 heterocycles. The minimum Gasteiger partial charge on any atom is -0.286 e. The molecule has 21 heavy (non-hydrogen) atoms. The highest BCUT2D eigenvalue weighted by atomic mass is 19.1. The summed E-state index contributed by atoms with van der Waals surface area (Å²) in [6, 6.07) is 21.9. The van der Waals surface area contributed by atoms with Crippen molar-refractivity contribution in [3.05, 3.63) is 89.8 Å². The van der Waals surface area contributed by atoms with Gasteiger partial charge in [-0.25, -0.2) is 4.39 Å². The molecular formula is C19H13FO. The summed E-state index contributed by atoms with van der Waals surface area (Å²) in [5.41, 5.74) is 1.03. The molecular weight excluding hydrogens is 263 g/mol. The predicted molar refractivity (Wildman–Crippen MR) is 83.8 cm³/mol. The summed E-state index contributed by atoms with van der Waals surface area (Å²) in [4.78, 5) is 12.0. The Labute approximate surface area is 122 Å². The number of allylic oxidation sites excluding steroid dienone is 1. The molecule has 0 saturated carbocycles. The van der Waals surface area contributed by atoms with Gasteiger partial charge in [0.25, 0.3) is 0 Å². The maximum Gasteiger partial charge on any atom is 0.221 e. The first-order valence-corrected chi connectivity index (χ1v) is 6.70. The Morgan fingerprint density at radius 1 is 0.810 bits per heavy atom. The quantitative estimate of drug-likeness (QED) is 0.484. The summed E-state index contributed by atoms with van der Waals surface area (Å²) in [6.07, 6.45) is 1.28. The van der Waals surface area contributed by atoms with Crippen LogP contribution < -0.4 is 0 Å². The van der Waals surface area contributed by atoms with Crippen LogP contribution >= 0.6 is 0 Å². The minimum absolute atomic E-state index is 0.354. The van der Waals surface area contributed by atoms with Crippen molar-refractivity contribution in [2.75, 3.05) is 0 Å². The van der Waals surface area contributed by atoms with Crippen molar-refractivity contribution in [2.45, 2.75) is 0 Å². The Bertz CT molecular complexity index is 819. The third-order valence-electron chi connectivity index (χ3n) is 3.32. The molecule has 0 fully saturated rings. The van der Waals surface area contributed by atoms with E-state index in [0.717, 1.165) is 10.8 Å². The van der Waals surface area contributed by atoms with Crippen LogP contribution in [0.25, 0.3) is 16.8 Å². The van der Waals surface area contributed by atoms with Crippen LogP contribution in [0.3, 0.4) is 0 Å². The first-order valence-electron chi connectivity index (χ1n) is 6.70.